The molecule has 0 radical (unpaired) electrons. The highest BCUT2D eigenvalue weighted by Gasteiger charge is 2.62. The van der Waals surface area contributed by atoms with Gasteiger partial charge in [-0.15, -0.1) is 0 Å². The van der Waals surface area contributed by atoms with Crippen LogP contribution < -0.4 is 0 Å². The van der Waals surface area contributed by atoms with Gasteiger partial charge in [0, 0.05) is 0 Å². The Kier molecular flexibility index (Phi) is 2.63. The van der Waals surface area contributed by atoms with E-state index >= 15 is 0 Å². The molecule has 0 bridgehead atoms. The van der Waals surface area contributed by atoms with E-state index in [1.165, 1.54) is 44.9 Å². The molecule has 1 nitrogen and oxygen atoms in total. The highest BCUT2D eigenvalue weighted by molar-refractivity contribution is 5.13. The third-order valence-electron chi connectivity index (χ3n) is 4.71. The normalized spacial score (nSPS) is 40.9. The zero-order chi connectivity index (χ0) is 10.2. The molecule has 14 heavy (non-hydrogen) atoms. The zero-order valence-corrected chi connectivity index (χ0v) is 9.68. The maximum Gasteiger partial charge on any atom is 0.0733 e. The summed E-state index contributed by atoms with van der Waals surface area (Å²) in [6, 6.07) is 0. The molecule has 2 fully saturated rings. The van der Waals surface area contributed by atoms with Gasteiger partial charge in [-0.2, -0.15) is 0 Å². The van der Waals surface area contributed by atoms with Crippen molar-refractivity contribution in [3.63, 3.8) is 0 Å². The summed E-state index contributed by atoms with van der Waals surface area (Å²) in [6.07, 6.45) is 10.1. The fourth-order valence-electron chi connectivity index (χ4n) is 3.51. The maximum atomic E-state index is 10.6. The zero-order valence-electron chi connectivity index (χ0n) is 9.68. The van der Waals surface area contributed by atoms with E-state index in [2.05, 4.69) is 13.8 Å². The fraction of sp³-hybridized carbons (Fsp3) is 1.00. The van der Waals surface area contributed by atoms with E-state index in [9.17, 15) is 5.11 Å². The predicted molar refractivity (Wildman–Crippen MR) is 59.2 cm³/mol. The molecular formula is C13H24O. The highest BCUT2D eigenvalue weighted by atomic mass is 16.3. The van der Waals surface area contributed by atoms with Gasteiger partial charge in [0.1, 0.15) is 0 Å². The number of aliphatic hydroxyl groups is 1. The van der Waals surface area contributed by atoms with Crippen LogP contribution in [-0.2, 0) is 0 Å². The average molecular weight is 196 g/mol. The topological polar surface area (TPSA) is 20.2 Å². The Hall–Kier alpha value is -0.0400. The van der Waals surface area contributed by atoms with Gasteiger partial charge in [0.15, 0.2) is 0 Å². The molecule has 2 unspecified atom stereocenters. The highest BCUT2D eigenvalue weighted by Crippen LogP contribution is 2.61. The molecule has 1 N–H and O–H groups in total. The van der Waals surface area contributed by atoms with Crippen molar-refractivity contribution in [2.45, 2.75) is 70.8 Å². The van der Waals surface area contributed by atoms with Crippen LogP contribution in [0, 0.1) is 11.3 Å². The van der Waals surface area contributed by atoms with Crippen LogP contribution in [0.1, 0.15) is 65.2 Å². The fourth-order valence-corrected chi connectivity index (χ4v) is 3.51. The third kappa shape index (κ3) is 1.50. The number of rotatable bonds is 3. The molecule has 2 saturated carbocycles. The van der Waals surface area contributed by atoms with Gasteiger partial charge in [-0.05, 0) is 37.0 Å². The van der Waals surface area contributed by atoms with Crippen LogP contribution in [0.25, 0.3) is 0 Å². The van der Waals surface area contributed by atoms with E-state index in [4.69, 9.17) is 0 Å². The van der Waals surface area contributed by atoms with E-state index in [0.29, 0.717) is 5.92 Å². The van der Waals surface area contributed by atoms with Gasteiger partial charge in [-0.3, -0.25) is 0 Å². The molecule has 1 heteroatoms. The summed E-state index contributed by atoms with van der Waals surface area (Å²) in [6.45, 7) is 4.55. The van der Waals surface area contributed by atoms with Crippen molar-refractivity contribution in [3.05, 3.63) is 0 Å². The average Bonchev–Trinajstić information content (AvgIpc) is 2.81. The standard InChI is InChI=1S/C13H24O/c1-3-7-11-10-13(11,14)12(2)8-5-4-6-9-12/h11,14H,3-10H2,1-2H3. The smallest absolute Gasteiger partial charge is 0.0733 e. The van der Waals surface area contributed by atoms with Gasteiger partial charge in [-0.1, -0.05) is 39.5 Å². The number of hydrogen-bond acceptors (Lipinski definition) is 1. The first kappa shape index (κ1) is 10.5. The Labute approximate surface area is 87.9 Å². The molecule has 0 aromatic rings. The first-order valence-electron chi connectivity index (χ1n) is 6.35. The molecule has 2 aliphatic carbocycles. The minimum atomic E-state index is -0.274. The van der Waals surface area contributed by atoms with Crippen LogP contribution in [0.15, 0.2) is 0 Å². The van der Waals surface area contributed by atoms with Gasteiger partial charge in [0.25, 0.3) is 0 Å². The van der Waals surface area contributed by atoms with Crippen LogP contribution in [0.5, 0.6) is 0 Å². The Morgan fingerprint density at radius 3 is 2.43 bits per heavy atom. The Balaban J connectivity index is 2.00. The first-order valence-corrected chi connectivity index (χ1v) is 6.35. The molecule has 2 rings (SSSR count). The summed E-state index contributed by atoms with van der Waals surface area (Å²) in [4.78, 5) is 0. The molecule has 0 amide bonds. The largest absolute Gasteiger partial charge is 0.389 e. The van der Waals surface area contributed by atoms with E-state index in [1.54, 1.807) is 0 Å². The Morgan fingerprint density at radius 2 is 1.86 bits per heavy atom. The van der Waals surface area contributed by atoms with Gasteiger partial charge in [-0.25, -0.2) is 0 Å². The molecule has 0 aliphatic heterocycles. The second kappa shape index (κ2) is 3.52. The van der Waals surface area contributed by atoms with Crippen molar-refractivity contribution < 1.29 is 5.11 Å². The van der Waals surface area contributed by atoms with Crippen LogP contribution in [0.2, 0.25) is 0 Å². The lowest BCUT2D eigenvalue weighted by Crippen LogP contribution is -2.38. The summed E-state index contributed by atoms with van der Waals surface area (Å²) in [7, 11) is 0. The second-order valence-corrected chi connectivity index (χ2v) is 5.74. The van der Waals surface area contributed by atoms with Crippen molar-refractivity contribution in [1.82, 2.24) is 0 Å². The molecule has 0 aromatic heterocycles. The minimum absolute atomic E-state index is 0.255. The van der Waals surface area contributed by atoms with Crippen LogP contribution in [-0.4, -0.2) is 10.7 Å². The summed E-state index contributed by atoms with van der Waals surface area (Å²) in [5.74, 6) is 0.621. The van der Waals surface area contributed by atoms with Crippen LogP contribution in [0.4, 0.5) is 0 Å². The lowest BCUT2D eigenvalue weighted by atomic mass is 9.69. The van der Waals surface area contributed by atoms with Crippen LogP contribution in [0.3, 0.4) is 0 Å². The molecule has 0 saturated heterocycles. The Bertz CT molecular complexity index is 205. The third-order valence-corrected chi connectivity index (χ3v) is 4.71. The van der Waals surface area contributed by atoms with Gasteiger partial charge >= 0.3 is 0 Å². The van der Waals surface area contributed by atoms with Gasteiger partial charge in [0.2, 0.25) is 0 Å². The first-order chi connectivity index (χ1) is 6.62. The minimum Gasteiger partial charge on any atom is -0.389 e. The summed E-state index contributed by atoms with van der Waals surface area (Å²) >= 11 is 0. The lowest BCUT2D eigenvalue weighted by Gasteiger charge is -2.39. The Morgan fingerprint density at radius 1 is 1.21 bits per heavy atom. The van der Waals surface area contributed by atoms with Crippen LogP contribution >= 0.6 is 0 Å². The van der Waals surface area contributed by atoms with Gasteiger partial charge < -0.3 is 5.11 Å². The number of hydrogen-bond donors (Lipinski definition) is 1. The molecule has 82 valence electrons. The van der Waals surface area contributed by atoms with Crippen molar-refractivity contribution >= 4 is 0 Å². The van der Waals surface area contributed by atoms with Gasteiger partial charge in [0.05, 0.1) is 5.60 Å². The predicted octanol–water partition coefficient (Wildman–Crippen LogP) is 3.51. The SMILES string of the molecule is CCCC1CC1(O)C1(C)CCCCC1. The van der Waals surface area contributed by atoms with E-state index < -0.39 is 0 Å². The summed E-state index contributed by atoms with van der Waals surface area (Å²) in [5, 5.41) is 10.6. The van der Waals surface area contributed by atoms with E-state index in [-0.39, 0.29) is 11.0 Å². The summed E-state index contributed by atoms with van der Waals surface area (Å²) < 4.78 is 0. The molecular weight excluding hydrogens is 172 g/mol. The lowest BCUT2D eigenvalue weighted by molar-refractivity contribution is -0.0268. The van der Waals surface area contributed by atoms with E-state index in [0.717, 1.165) is 6.42 Å². The quantitative estimate of drug-likeness (QED) is 0.732. The maximum absolute atomic E-state index is 10.6. The molecule has 0 heterocycles. The molecule has 2 aliphatic rings. The summed E-state index contributed by atoms with van der Waals surface area (Å²) in [5.41, 5.74) is -0.0193. The van der Waals surface area contributed by atoms with Crippen molar-refractivity contribution in [2.24, 2.45) is 11.3 Å². The van der Waals surface area contributed by atoms with Crippen molar-refractivity contribution in [1.29, 1.82) is 0 Å². The molecule has 2 atom stereocenters. The van der Waals surface area contributed by atoms with Crippen molar-refractivity contribution in [3.8, 4) is 0 Å². The second-order valence-electron chi connectivity index (χ2n) is 5.74. The van der Waals surface area contributed by atoms with Crippen molar-refractivity contribution in [2.75, 3.05) is 0 Å². The molecule has 0 spiro atoms. The monoisotopic (exact) mass is 196 g/mol. The van der Waals surface area contributed by atoms with E-state index in [1.807, 2.05) is 0 Å². The molecule has 0 aromatic carbocycles.